The fourth-order valence-corrected chi connectivity index (χ4v) is 2.80. The van der Waals surface area contributed by atoms with Gasteiger partial charge in [-0.15, -0.1) is 0 Å². The molecule has 0 aliphatic carbocycles. The van der Waals surface area contributed by atoms with Gasteiger partial charge in [0.1, 0.15) is 30.5 Å². The monoisotopic (exact) mass is 282 g/mol. The Hall–Kier alpha value is -2.29. The van der Waals surface area contributed by atoms with Crippen molar-refractivity contribution in [1.82, 2.24) is 0 Å². The number of ether oxygens (including phenoxy) is 2. The molecule has 0 N–H and O–H groups in total. The molecule has 1 atom stereocenters. The van der Waals surface area contributed by atoms with Crippen LogP contribution in [0.5, 0.6) is 11.5 Å². The Balaban J connectivity index is 1.68. The Morgan fingerprint density at radius 1 is 1.24 bits per heavy atom. The molecule has 0 aromatic heterocycles. The van der Waals surface area contributed by atoms with Crippen molar-refractivity contribution in [2.45, 2.75) is 26.4 Å². The van der Waals surface area contributed by atoms with Crippen molar-refractivity contribution in [3.63, 3.8) is 0 Å². The predicted molar refractivity (Wildman–Crippen MR) is 81.4 cm³/mol. The van der Waals surface area contributed by atoms with Crippen LogP contribution in [-0.2, 0) is 6.42 Å². The van der Waals surface area contributed by atoms with Gasteiger partial charge in [0.05, 0.1) is 0 Å². The summed E-state index contributed by atoms with van der Waals surface area (Å²) < 4.78 is 11.8. The van der Waals surface area contributed by atoms with Gasteiger partial charge in [-0.3, -0.25) is 4.79 Å². The molecular formula is C18H18O3. The molecule has 1 unspecified atom stereocenters. The van der Waals surface area contributed by atoms with Gasteiger partial charge in [0.15, 0.2) is 0 Å². The third-order valence-corrected chi connectivity index (χ3v) is 3.75. The number of hydrogen-bond acceptors (Lipinski definition) is 3. The summed E-state index contributed by atoms with van der Waals surface area (Å²) >= 11 is 0. The molecule has 0 saturated carbocycles. The summed E-state index contributed by atoms with van der Waals surface area (Å²) in [5, 5.41) is 0. The smallest absolute Gasteiger partial charge is 0.150 e. The van der Waals surface area contributed by atoms with Gasteiger partial charge < -0.3 is 9.47 Å². The summed E-state index contributed by atoms with van der Waals surface area (Å²) in [7, 11) is 0. The van der Waals surface area contributed by atoms with Crippen LogP contribution in [0.2, 0.25) is 0 Å². The van der Waals surface area contributed by atoms with Crippen LogP contribution in [0.15, 0.2) is 36.4 Å². The Morgan fingerprint density at radius 3 is 2.62 bits per heavy atom. The second-order valence-corrected chi connectivity index (χ2v) is 5.46. The van der Waals surface area contributed by atoms with Crippen molar-refractivity contribution < 1.29 is 14.3 Å². The molecular weight excluding hydrogens is 264 g/mol. The number of fused-ring (bicyclic) bond motifs is 1. The normalized spacial score (nSPS) is 16.2. The average molecular weight is 282 g/mol. The molecule has 0 amide bonds. The van der Waals surface area contributed by atoms with E-state index in [1.54, 1.807) is 0 Å². The topological polar surface area (TPSA) is 35.5 Å². The molecule has 21 heavy (non-hydrogen) atoms. The van der Waals surface area contributed by atoms with E-state index in [4.69, 9.17) is 9.47 Å². The predicted octanol–water partition coefficient (Wildman–Crippen LogP) is 3.50. The Labute approximate surface area is 124 Å². The summed E-state index contributed by atoms with van der Waals surface area (Å²) in [4.78, 5) is 10.9. The van der Waals surface area contributed by atoms with Crippen molar-refractivity contribution in [1.29, 1.82) is 0 Å². The molecule has 2 aromatic rings. The Kier molecular flexibility index (Phi) is 3.65. The second kappa shape index (κ2) is 5.60. The van der Waals surface area contributed by atoms with E-state index in [1.165, 1.54) is 5.56 Å². The second-order valence-electron chi connectivity index (χ2n) is 5.46. The summed E-state index contributed by atoms with van der Waals surface area (Å²) in [5.74, 6) is 1.80. The number of aldehydes is 1. The minimum Gasteiger partial charge on any atom is -0.489 e. The first-order valence-electron chi connectivity index (χ1n) is 7.11. The highest BCUT2D eigenvalue weighted by atomic mass is 16.5. The van der Waals surface area contributed by atoms with Crippen LogP contribution in [0.3, 0.4) is 0 Å². The standard InChI is InChI=1S/C18H18O3/c1-12-7-14(10-19)8-13(2)18(12)20-11-16-9-15-5-3-4-6-17(15)21-16/h3-8,10,16H,9,11H2,1-2H3. The van der Waals surface area contributed by atoms with E-state index in [1.807, 2.05) is 44.2 Å². The lowest BCUT2D eigenvalue weighted by molar-refractivity contribution is 0.112. The quantitative estimate of drug-likeness (QED) is 0.805. The number of aryl methyl sites for hydroxylation is 2. The van der Waals surface area contributed by atoms with Crippen LogP contribution in [0.25, 0.3) is 0 Å². The van der Waals surface area contributed by atoms with Crippen LogP contribution in [0.4, 0.5) is 0 Å². The Bertz CT molecular complexity index is 628. The van der Waals surface area contributed by atoms with Crippen LogP contribution in [0.1, 0.15) is 27.0 Å². The molecule has 1 aliphatic rings. The van der Waals surface area contributed by atoms with Crippen LogP contribution < -0.4 is 9.47 Å². The molecule has 1 aliphatic heterocycles. The highest BCUT2D eigenvalue weighted by molar-refractivity contribution is 5.76. The first kappa shape index (κ1) is 13.7. The van der Waals surface area contributed by atoms with Gasteiger partial charge in [-0.25, -0.2) is 0 Å². The number of rotatable bonds is 4. The number of para-hydroxylation sites is 1. The summed E-state index contributed by atoms with van der Waals surface area (Å²) in [6, 6.07) is 11.8. The third kappa shape index (κ3) is 2.77. The average Bonchev–Trinajstić information content (AvgIpc) is 2.88. The lowest BCUT2D eigenvalue weighted by Gasteiger charge is -2.16. The van der Waals surface area contributed by atoms with Gasteiger partial charge in [0.2, 0.25) is 0 Å². The molecule has 108 valence electrons. The molecule has 0 fully saturated rings. The van der Waals surface area contributed by atoms with Gasteiger partial charge in [0.25, 0.3) is 0 Å². The van der Waals surface area contributed by atoms with E-state index in [0.29, 0.717) is 12.2 Å². The van der Waals surface area contributed by atoms with E-state index in [2.05, 4.69) is 6.07 Å². The molecule has 3 nitrogen and oxygen atoms in total. The molecule has 0 radical (unpaired) electrons. The van der Waals surface area contributed by atoms with Gasteiger partial charge >= 0.3 is 0 Å². The highest BCUT2D eigenvalue weighted by Gasteiger charge is 2.23. The number of carbonyl (C=O) groups excluding carboxylic acids is 1. The summed E-state index contributed by atoms with van der Waals surface area (Å²) in [5.41, 5.74) is 3.87. The summed E-state index contributed by atoms with van der Waals surface area (Å²) in [6.45, 7) is 4.43. The molecule has 3 heteroatoms. The van der Waals surface area contributed by atoms with E-state index in [9.17, 15) is 4.79 Å². The maximum absolute atomic E-state index is 10.9. The van der Waals surface area contributed by atoms with Crippen molar-refractivity contribution in [3.05, 3.63) is 58.7 Å². The van der Waals surface area contributed by atoms with Gasteiger partial charge in [-0.1, -0.05) is 18.2 Å². The lowest BCUT2D eigenvalue weighted by Crippen LogP contribution is -2.22. The van der Waals surface area contributed by atoms with E-state index < -0.39 is 0 Å². The van der Waals surface area contributed by atoms with E-state index in [-0.39, 0.29) is 6.10 Å². The first-order chi connectivity index (χ1) is 10.2. The molecule has 1 heterocycles. The van der Waals surface area contributed by atoms with E-state index >= 15 is 0 Å². The van der Waals surface area contributed by atoms with Crippen molar-refractivity contribution in [2.24, 2.45) is 0 Å². The van der Waals surface area contributed by atoms with Crippen molar-refractivity contribution in [3.8, 4) is 11.5 Å². The zero-order chi connectivity index (χ0) is 14.8. The number of benzene rings is 2. The van der Waals surface area contributed by atoms with Crippen LogP contribution in [-0.4, -0.2) is 19.0 Å². The van der Waals surface area contributed by atoms with Crippen molar-refractivity contribution >= 4 is 6.29 Å². The largest absolute Gasteiger partial charge is 0.489 e. The minimum atomic E-state index is 0.0481. The van der Waals surface area contributed by atoms with Gasteiger partial charge in [-0.2, -0.15) is 0 Å². The zero-order valence-electron chi connectivity index (χ0n) is 12.3. The molecule has 3 rings (SSSR count). The van der Waals surface area contributed by atoms with Crippen molar-refractivity contribution in [2.75, 3.05) is 6.61 Å². The lowest BCUT2D eigenvalue weighted by atomic mass is 10.1. The molecule has 0 bridgehead atoms. The zero-order valence-corrected chi connectivity index (χ0v) is 12.3. The van der Waals surface area contributed by atoms with Gasteiger partial charge in [-0.05, 0) is 48.7 Å². The van der Waals surface area contributed by atoms with E-state index in [0.717, 1.165) is 35.3 Å². The fourth-order valence-electron chi connectivity index (χ4n) is 2.80. The van der Waals surface area contributed by atoms with Gasteiger partial charge in [0, 0.05) is 12.0 Å². The fraction of sp³-hybridized carbons (Fsp3) is 0.278. The molecule has 0 spiro atoms. The van der Waals surface area contributed by atoms with Crippen LogP contribution >= 0.6 is 0 Å². The third-order valence-electron chi connectivity index (χ3n) is 3.75. The Morgan fingerprint density at radius 2 is 1.95 bits per heavy atom. The minimum absolute atomic E-state index is 0.0481. The number of carbonyl (C=O) groups is 1. The molecule has 0 saturated heterocycles. The first-order valence-corrected chi connectivity index (χ1v) is 7.11. The number of hydrogen-bond donors (Lipinski definition) is 0. The molecule has 2 aromatic carbocycles. The maximum Gasteiger partial charge on any atom is 0.150 e. The SMILES string of the molecule is Cc1cc(C=O)cc(C)c1OCC1Cc2ccccc2O1. The summed E-state index contributed by atoms with van der Waals surface area (Å²) in [6.07, 6.45) is 1.79. The highest BCUT2D eigenvalue weighted by Crippen LogP contribution is 2.30. The van der Waals surface area contributed by atoms with Crippen LogP contribution in [0, 0.1) is 13.8 Å². The maximum atomic E-state index is 10.9.